The van der Waals surface area contributed by atoms with Crippen molar-refractivity contribution in [2.45, 2.75) is 38.8 Å². The van der Waals surface area contributed by atoms with E-state index in [2.05, 4.69) is 5.32 Å². The van der Waals surface area contributed by atoms with E-state index in [1.807, 2.05) is 51.1 Å². The van der Waals surface area contributed by atoms with Crippen LogP contribution in [0.5, 0.6) is 0 Å². The Morgan fingerprint density at radius 3 is 2.22 bits per heavy atom. The van der Waals surface area contributed by atoms with Gasteiger partial charge in [0, 0.05) is 18.6 Å². The van der Waals surface area contributed by atoms with Crippen molar-refractivity contribution in [3.63, 3.8) is 0 Å². The first kappa shape index (κ1) is 19.7. The summed E-state index contributed by atoms with van der Waals surface area (Å²) in [5.41, 5.74) is 1.77. The van der Waals surface area contributed by atoms with Gasteiger partial charge in [0.25, 0.3) is 0 Å². The molecule has 1 aliphatic heterocycles. The number of nitrogens with one attached hydrogen (secondary N) is 1. The summed E-state index contributed by atoms with van der Waals surface area (Å²) in [5.74, 6) is 0. The van der Waals surface area contributed by atoms with Crippen LogP contribution in [-0.4, -0.2) is 38.3 Å². The molecule has 0 radical (unpaired) electrons. The van der Waals surface area contributed by atoms with E-state index in [0.717, 1.165) is 0 Å². The monoisotopic (exact) mass is 389 g/mol. The van der Waals surface area contributed by atoms with Crippen molar-refractivity contribution in [2.75, 3.05) is 21.7 Å². The highest BCUT2D eigenvalue weighted by Gasteiger charge is 2.40. The lowest BCUT2D eigenvalue weighted by atomic mass is 10.1. The van der Waals surface area contributed by atoms with Gasteiger partial charge in [0.1, 0.15) is 0 Å². The molecule has 2 aromatic carbocycles. The second kappa shape index (κ2) is 7.50. The number of hydrogen-bond acceptors (Lipinski definition) is 4. The molecule has 0 saturated carbocycles. The molecular formula is C20H27N3O3S. The van der Waals surface area contributed by atoms with Crippen LogP contribution in [0, 0.1) is 0 Å². The fourth-order valence-corrected chi connectivity index (χ4v) is 4.79. The maximum atomic E-state index is 13.2. The molecule has 3 rings (SSSR count). The Bertz CT molecular complexity index is 879. The van der Waals surface area contributed by atoms with E-state index >= 15 is 0 Å². The molecule has 0 saturated heterocycles. The number of benzene rings is 2. The van der Waals surface area contributed by atoms with Crippen LogP contribution in [0.2, 0.25) is 0 Å². The predicted molar refractivity (Wildman–Crippen MR) is 110 cm³/mol. The summed E-state index contributed by atoms with van der Waals surface area (Å²) in [4.78, 5) is 0. The minimum absolute atomic E-state index is 0.0998. The highest BCUT2D eigenvalue weighted by atomic mass is 32.2. The van der Waals surface area contributed by atoms with Crippen LogP contribution in [0.1, 0.15) is 27.2 Å². The summed E-state index contributed by atoms with van der Waals surface area (Å²) in [6.45, 7) is 6.72. The molecule has 1 heterocycles. The molecule has 1 aliphatic rings. The molecule has 0 fully saturated rings. The average molecular weight is 390 g/mol. The highest BCUT2D eigenvalue weighted by Crippen LogP contribution is 2.45. The summed E-state index contributed by atoms with van der Waals surface area (Å²) in [5, 5.41) is 13.5. The third-order valence-electron chi connectivity index (χ3n) is 4.40. The van der Waals surface area contributed by atoms with Crippen molar-refractivity contribution >= 4 is 27.3 Å². The average Bonchev–Trinajstić information content (AvgIpc) is 2.84. The smallest absolute Gasteiger partial charge is 0.330 e. The topological polar surface area (TPSA) is 72.9 Å². The van der Waals surface area contributed by atoms with Gasteiger partial charge in [-0.1, -0.05) is 30.3 Å². The number of nitrogens with zero attached hydrogens (tertiary/aromatic N) is 2. The van der Waals surface area contributed by atoms with Gasteiger partial charge in [0.2, 0.25) is 0 Å². The Hall–Kier alpha value is -2.09. The predicted octanol–water partition coefficient (Wildman–Crippen LogP) is 3.03. The van der Waals surface area contributed by atoms with Gasteiger partial charge in [-0.15, -0.1) is 0 Å². The normalized spacial score (nSPS) is 17.0. The van der Waals surface area contributed by atoms with Crippen LogP contribution in [0.4, 0.5) is 17.1 Å². The number of aliphatic hydroxyl groups is 1. The molecule has 0 spiro atoms. The number of anilines is 3. The molecule has 7 heteroatoms. The zero-order valence-electron chi connectivity index (χ0n) is 16.0. The fraction of sp³-hybridized carbons (Fsp3) is 0.400. The minimum Gasteiger partial charge on any atom is -0.392 e. The molecule has 6 nitrogen and oxygen atoms in total. The summed E-state index contributed by atoms with van der Waals surface area (Å²) >= 11 is 0. The van der Waals surface area contributed by atoms with Crippen LogP contribution >= 0.6 is 0 Å². The second-order valence-electron chi connectivity index (χ2n) is 7.74. The van der Waals surface area contributed by atoms with Crippen molar-refractivity contribution in [1.29, 1.82) is 0 Å². The van der Waals surface area contributed by atoms with Crippen molar-refractivity contribution in [1.82, 2.24) is 5.32 Å². The molecule has 1 atom stereocenters. The SMILES string of the molecule is CC(C)(C)NCC(O)CCN1c2ccccc2N(c2ccccc2)S1(=O)=O. The highest BCUT2D eigenvalue weighted by molar-refractivity contribution is 7.95. The molecule has 0 bridgehead atoms. The minimum atomic E-state index is -3.74. The Morgan fingerprint density at radius 2 is 1.59 bits per heavy atom. The summed E-state index contributed by atoms with van der Waals surface area (Å²) in [6.07, 6.45) is -0.281. The third-order valence-corrected chi connectivity index (χ3v) is 6.21. The first-order chi connectivity index (χ1) is 12.7. The van der Waals surface area contributed by atoms with Gasteiger partial charge in [-0.2, -0.15) is 8.42 Å². The molecular weight excluding hydrogens is 362 g/mol. The van der Waals surface area contributed by atoms with Gasteiger partial charge >= 0.3 is 10.2 Å². The number of rotatable bonds is 6. The molecule has 0 aromatic heterocycles. The van der Waals surface area contributed by atoms with E-state index < -0.39 is 16.3 Å². The molecule has 0 aliphatic carbocycles. The Kier molecular flexibility index (Phi) is 5.46. The van der Waals surface area contributed by atoms with Crippen molar-refractivity contribution in [3.05, 3.63) is 54.6 Å². The molecule has 146 valence electrons. The van der Waals surface area contributed by atoms with Gasteiger partial charge in [-0.05, 0) is 51.5 Å². The van der Waals surface area contributed by atoms with Crippen molar-refractivity contribution in [2.24, 2.45) is 0 Å². The van der Waals surface area contributed by atoms with Crippen molar-refractivity contribution in [3.8, 4) is 0 Å². The van der Waals surface area contributed by atoms with Gasteiger partial charge < -0.3 is 10.4 Å². The number of para-hydroxylation sites is 3. The fourth-order valence-electron chi connectivity index (χ4n) is 3.06. The van der Waals surface area contributed by atoms with Crippen LogP contribution in [-0.2, 0) is 10.2 Å². The first-order valence-corrected chi connectivity index (χ1v) is 10.5. The van der Waals surface area contributed by atoms with E-state index in [4.69, 9.17) is 0 Å². The van der Waals surface area contributed by atoms with Crippen molar-refractivity contribution < 1.29 is 13.5 Å². The van der Waals surface area contributed by atoms with E-state index in [0.29, 0.717) is 30.0 Å². The zero-order chi connectivity index (χ0) is 19.7. The molecule has 2 N–H and O–H groups in total. The maximum absolute atomic E-state index is 13.2. The van der Waals surface area contributed by atoms with Crippen LogP contribution in [0.25, 0.3) is 0 Å². The van der Waals surface area contributed by atoms with E-state index in [1.165, 1.54) is 8.61 Å². The summed E-state index contributed by atoms with van der Waals surface area (Å²) in [6, 6.07) is 16.3. The van der Waals surface area contributed by atoms with E-state index in [9.17, 15) is 13.5 Å². The van der Waals surface area contributed by atoms with Crippen LogP contribution < -0.4 is 13.9 Å². The maximum Gasteiger partial charge on any atom is 0.330 e. The van der Waals surface area contributed by atoms with Gasteiger partial charge in [-0.3, -0.25) is 4.31 Å². The quantitative estimate of drug-likeness (QED) is 0.797. The van der Waals surface area contributed by atoms with Crippen LogP contribution in [0.3, 0.4) is 0 Å². The lowest BCUT2D eigenvalue weighted by Gasteiger charge is -2.25. The number of fused-ring (bicyclic) bond motifs is 1. The zero-order valence-corrected chi connectivity index (χ0v) is 16.8. The number of aliphatic hydroxyl groups excluding tert-OH is 1. The Labute approximate surface area is 161 Å². The molecule has 1 unspecified atom stereocenters. The summed E-state index contributed by atoms with van der Waals surface area (Å²) in [7, 11) is -3.74. The Morgan fingerprint density at radius 1 is 1.00 bits per heavy atom. The van der Waals surface area contributed by atoms with Crippen LogP contribution in [0.15, 0.2) is 54.6 Å². The molecule has 2 aromatic rings. The largest absolute Gasteiger partial charge is 0.392 e. The standard InChI is InChI=1S/C20H27N3O3S/c1-20(2,3)21-15-17(24)13-14-22-18-11-7-8-12-19(18)23(27(22,25)26)16-9-5-4-6-10-16/h4-12,17,21,24H,13-15H2,1-3H3. The van der Waals surface area contributed by atoms with Gasteiger partial charge in [0.15, 0.2) is 0 Å². The summed E-state index contributed by atoms with van der Waals surface area (Å²) < 4.78 is 29.2. The lowest BCUT2D eigenvalue weighted by molar-refractivity contribution is 0.154. The van der Waals surface area contributed by atoms with E-state index in [-0.39, 0.29) is 12.1 Å². The van der Waals surface area contributed by atoms with E-state index in [1.54, 1.807) is 24.3 Å². The first-order valence-electron chi connectivity index (χ1n) is 9.10. The van der Waals surface area contributed by atoms with Gasteiger partial charge in [0.05, 0.1) is 23.2 Å². The second-order valence-corrected chi connectivity index (χ2v) is 9.44. The number of β-amino-alcohol motifs (C(OH)–C–C–N with tert-alkyl or cyclic N) is 1. The Balaban J connectivity index is 1.82. The number of hydrogen-bond donors (Lipinski definition) is 2. The molecule has 27 heavy (non-hydrogen) atoms. The lowest BCUT2D eigenvalue weighted by Crippen LogP contribution is -2.42. The molecule has 0 amide bonds. The third kappa shape index (κ3) is 4.26. The van der Waals surface area contributed by atoms with Gasteiger partial charge in [-0.25, -0.2) is 4.31 Å².